The highest BCUT2D eigenvalue weighted by molar-refractivity contribution is 6.30. The van der Waals surface area contributed by atoms with E-state index in [0.29, 0.717) is 10.6 Å². The van der Waals surface area contributed by atoms with Gasteiger partial charge in [0.05, 0.1) is 17.5 Å². The Kier molecular flexibility index (Phi) is 4.31. The van der Waals surface area contributed by atoms with E-state index in [4.69, 9.17) is 11.6 Å². The van der Waals surface area contributed by atoms with Crippen LogP contribution in [0.1, 0.15) is 23.9 Å². The predicted molar refractivity (Wildman–Crippen MR) is 79.4 cm³/mol. The monoisotopic (exact) mass is 376 g/mol. The number of halogens is 4. The number of fused-ring (bicyclic) bond motifs is 1. The van der Waals surface area contributed by atoms with E-state index in [0.717, 1.165) is 9.25 Å². The molecule has 1 aliphatic rings. The molecule has 3 heterocycles. The van der Waals surface area contributed by atoms with Gasteiger partial charge >= 0.3 is 17.8 Å². The normalized spacial score (nSPS) is 20.3. The quantitative estimate of drug-likeness (QED) is 0.883. The predicted octanol–water partition coefficient (Wildman–Crippen LogP) is 1.89. The van der Waals surface area contributed by atoms with Gasteiger partial charge in [0.25, 0.3) is 0 Å². The number of hydrogen-bond donors (Lipinski definition) is 1. The van der Waals surface area contributed by atoms with E-state index in [-0.39, 0.29) is 12.4 Å². The second-order valence-electron chi connectivity index (χ2n) is 5.77. The second kappa shape index (κ2) is 6.17. The number of carboxylic acid groups (broad SMARTS) is 1. The average Bonchev–Trinajstić information content (AvgIpc) is 2.82. The van der Waals surface area contributed by atoms with Gasteiger partial charge in [-0.15, -0.1) is 0 Å². The highest BCUT2D eigenvalue weighted by Gasteiger charge is 2.47. The van der Waals surface area contributed by atoms with Crippen molar-refractivity contribution in [3.05, 3.63) is 45.4 Å². The van der Waals surface area contributed by atoms with E-state index in [1.165, 1.54) is 18.5 Å². The van der Waals surface area contributed by atoms with Crippen molar-refractivity contribution >= 4 is 17.6 Å². The lowest BCUT2D eigenvalue weighted by molar-refractivity contribution is -0.183. The lowest BCUT2D eigenvalue weighted by Crippen LogP contribution is -2.40. The molecule has 1 N–H and O–H groups in total. The first-order valence-corrected chi connectivity index (χ1v) is 7.61. The highest BCUT2D eigenvalue weighted by Crippen LogP contribution is 2.38. The SMILES string of the molecule is O=C(O)[C@H]1C[C@@H](C(F)(F)F)Cc2nn(Cc3cncc(Cl)c3)c(=O)n21. The molecular formula is C14H12ClF3N4O3. The van der Waals surface area contributed by atoms with E-state index in [9.17, 15) is 27.9 Å². The van der Waals surface area contributed by atoms with E-state index in [1.54, 1.807) is 0 Å². The molecule has 0 aliphatic carbocycles. The zero-order valence-corrected chi connectivity index (χ0v) is 13.3. The fourth-order valence-corrected chi connectivity index (χ4v) is 3.07. The first-order chi connectivity index (χ1) is 11.7. The smallest absolute Gasteiger partial charge is 0.392 e. The van der Waals surface area contributed by atoms with E-state index in [2.05, 4.69) is 10.1 Å². The topological polar surface area (TPSA) is 90.0 Å². The Morgan fingerprint density at radius 1 is 1.40 bits per heavy atom. The zero-order chi connectivity index (χ0) is 18.4. The molecule has 3 rings (SSSR count). The summed E-state index contributed by atoms with van der Waals surface area (Å²) in [6, 6.07) is -0.0684. The van der Waals surface area contributed by atoms with Crippen LogP contribution in [0.15, 0.2) is 23.3 Å². The van der Waals surface area contributed by atoms with E-state index in [1.807, 2.05) is 0 Å². The van der Waals surface area contributed by atoms with Crippen LogP contribution >= 0.6 is 11.6 Å². The number of hydrogen-bond acceptors (Lipinski definition) is 4. The van der Waals surface area contributed by atoms with Crippen LogP contribution in [0.4, 0.5) is 13.2 Å². The third-order valence-electron chi connectivity index (χ3n) is 4.03. The molecule has 2 aromatic rings. The van der Waals surface area contributed by atoms with Crippen molar-refractivity contribution in [1.29, 1.82) is 0 Å². The Bertz CT molecular complexity index is 877. The fourth-order valence-electron chi connectivity index (χ4n) is 2.87. The van der Waals surface area contributed by atoms with Crippen molar-refractivity contribution < 1.29 is 23.1 Å². The Hall–Kier alpha value is -2.36. The molecule has 1 aliphatic heterocycles. The Balaban J connectivity index is 2.01. The summed E-state index contributed by atoms with van der Waals surface area (Å²) in [6.45, 7) is -0.0740. The van der Waals surface area contributed by atoms with Gasteiger partial charge in [0.2, 0.25) is 0 Å². The maximum Gasteiger partial charge on any atom is 0.392 e. The van der Waals surface area contributed by atoms with Crippen molar-refractivity contribution in [3.63, 3.8) is 0 Å². The number of aliphatic carboxylic acids is 1. The molecule has 134 valence electrons. The minimum atomic E-state index is -4.56. The van der Waals surface area contributed by atoms with Crippen LogP contribution in [-0.2, 0) is 17.8 Å². The van der Waals surface area contributed by atoms with Gasteiger partial charge in [-0.3, -0.25) is 9.55 Å². The van der Waals surface area contributed by atoms with Gasteiger partial charge in [0, 0.05) is 18.8 Å². The average molecular weight is 377 g/mol. The van der Waals surface area contributed by atoms with Crippen LogP contribution in [0.3, 0.4) is 0 Å². The number of rotatable bonds is 3. The largest absolute Gasteiger partial charge is 0.480 e. The molecule has 0 fully saturated rings. The van der Waals surface area contributed by atoms with Gasteiger partial charge < -0.3 is 5.11 Å². The van der Waals surface area contributed by atoms with Gasteiger partial charge in [0.1, 0.15) is 11.9 Å². The maximum absolute atomic E-state index is 13.0. The summed E-state index contributed by atoms with van der Waals surface area (Å²) < 4.78 is 40.8. The van der Waals surface area contributed by atoms with Crippen LogP contribution in [0.2, 0.25) is 5.02 Å². The van der Waals surface area contributed by atoms with Gasteiger partial charge in [-0.25, -0.2) is 14.3 Å². The maximum atomic E-state index is 13.0. The number of alkyl halides is 3. The molecule has 0 spiro atoms. The number of aromatic nitrogens is 4. The summed E-state index contributed by atoms with van der Waals surface area (Å²) in [6.07, 6.45) is -2.97. The third kappa shape index (κ3) is 3.39. The lowest BCUT2D eigenvalue weighted by Gasteiger charge is -2.28. The summed E-state index contributed by atoms with van der Waals surface area (Å²) in [5, 5.41) is 13.5. The highest BCUT2D eigenvalue weighted by atomic mass is 35.5. The molecule has 0 amide bonds. The Labute approximate surface area is 143 Å². The molecule has 0 aromatic carbocycles. The molecule has 11 heteroatoms. The second-order valence-corrected chi connectivity index (χ2v) is 6.21. The molecular weight excluding hydrogens is 365 g/mol. The molecule has 0 unspecified atom stereocenters. The molecule has 25 heavy (non-hydrogen) atoms. The molecule has 0 saturated carbocycles. The van der Waals surface area contributed by atoms with Gasteiger partial charge in [0.15, 0.2) is 0 Å². The lowest BCUT2D eigenvalue weighted by atomic mass is 9.92. The fraction of sp³-hybridized carbons (Fsp3) is 0.429. The van der Waals surface area contributed by atoms with Crippen LogP contribution in [-0.4, -0.2) is 36.6 Å². The van der Waals surface area contributed by atoms with E-state index >= 15 is 0 Å². The van der Waals surface area contributed by atoms with Crippen LogP contribution in [0.25, 0.3) is 0 Å². The molecule has 0 bridgehead atoms. The third-order valence-corrected chi connectivity index (χ3v) is 4.24. The van der Waals surface area contributed by atoms with Crippen LogP contribution in [0.5, 0.6) is 0 Å². The van der Waals surface area contributed by atoms with Crippen molar-refractivity contribution in [3.8, 4) is 0 Å². The number of pyridine rings is 1. The minimum Gasteiger partial charge on any atom is -0.480 e. The van der Waals surface area contributed by atoms with Crippen molar-refractivity contribution in [2.45, 2.75) is 31.6 Å². The standard InChI is InChI=1S/C14H12ClF3N4O3/c15-9-1-7(4-19-5-9)6-21-13(25)22-10(12(23)24)2-8(14(16,17)18)3-11(22)20-21/h1,4-5,8,10H,2-3,6H2,(H,23,24)/t8-,10-/m1/s1. The van der Waals surface area contributed by atoms with Crippen molar-refractivity contribution in [2.24, 2.45) is 5.92 Å². The summed E-state index contributed by atoms with van der Waals surface area (Å²) in [4.78, 5) is 27.7. The molecule has 7 nitrogen and oxygen atoms in total. The number of nitrogens with zero attached hydrogens (tertiary/aromatic N) is 4. The zero-order valence-electron chi connectivity index (χ0n) is 12.6. The molecule has 0 radical (unpaired) electrons. The number of carboxylic acids is 1. The molecule has 0 saturated heterocycles. The van der Waals surface area contributed by atoms with E-state index < -0.39 is 42.6 Å². The van der Waals surface area contributed by atoms with Gasteiger partial charge in [-0.05, 0) is 18.1 Å². The summed E-state index contributed by atoms with van der Waals surface area (Å²) >= 11 is 5.81. The van der Waals surface area contributed by atoms with Crippen LogP contribution in [0, 0.1) is 5.92 Å². The summed E-state index contributed by atoms with van der Waals surface area (Å²) in [7, 11) is 0. The summed E-state index contributed by atoms with van der Waals surface area (Å²) in [5.41, 5.74) is -0.257. The van der Waals surface area contributed by atoms with Crippen LogP contribution < -0.4 is 5.69 Å². The summed E-state index contributed by atoms with van der Waals surface area (Å²) in [5.74, 6) is -3.55. The Morgan fingerprint density at radius 3 is 2.72 bits per heavy atom. The molecule has 2 atom stereocenters. The number of carbonyl (C=O) groups is 1. The van der Waals surface area contributed by atoms with Crippen molar-refractivity contribution in [2.75, 3.05) is 0 Å². The molecule has 2 aromatic heterocycles. The first kappa shape index (κ1) is 17.5. The first-order valence-electron chi connectivity index (χ1n) is 7.24. The minimum absolute atomic E-state index is 0.0740. The van der Waals surface area contributed by atoms with Gasteiger partial charge in [-0.1, -0.05) is 11.6 Å². The van der Waals surface area contributed by atoms with Gasteiger partial charge in [-0.2, -0.15) is 18.3 Å². The van der Waals surface area contributed by atoms with Crippen molar-refractivity contribution in [1.82, 2.24) is 19.3 Å². The Morgan fingerprint density at radius 2 is 2.12 bits per heavy atom.